The van der Waals surface area contributed by atoms with Gasteiger partial charge in [-0.2, -0.15) is 0 Å². The van der Waals surface area contributed by atoms with E-state index >= 15 is 0 Å². The van der Waals surface area contributed by atoms with E-state index in [1.807, 2.05) is 0 Å². The normalized spacial score (nSPS) is 12.6. The molecule has 0 aromatic heterocycles. The second-order valence-corrected chi connectivity index (χ2v) is 3.45. The predicted octanol–water partition coefficient (Wildman–Crippen LogP) is 3.95. The van der Waals surface area contributed by atoms with Crippen molar-refractivity contribution in [2.75, 3.05) is 0 Å². The van der Waals surface area contributed by atoms with Crippen molar-refractivity contribution in [2.45, 2.75) is 40.0 Å². The summed E-state index contributed by atoms with van der Waals surface area (Å²) in [6, 6.07) is 0. The molecule has 0 radical (unpaired) electrons. The summed E-state index contributed by atoms with van der Waals surface area (Å²) in [6.45, 7) is 14.4. The third-order valence-corrected chi connectivity index (χ3v) is 2.04. The lowest BCUT2D eigenvalue weighted by Gasteiger charge is -2.12. The average Bonchev–Trinajstić information content (AvgIpc) is 1.87. The molecule has 0 nitrogen and oxygen atoms in total. The molecule has 1 unspecified atom stereocenters. The van der Waals surface area contributed by atoms with Crippen molar-refractivity contribution < 1.29 is 0 Å². The third kappa shape index (κ3) is 4.83. The van der Waals surface area contributed by atoms with E-state index in [0.29, 0.717) is 5.92 Å². The molecule has 0 aromatic carbocycles. The lowest BCUT2D eigenvalue weighted by Crippen LogP contribution is -1.96. The molecule has 0 rings (SSSR count). The summed E-state index contributed by atoms with van der Waals surface area (Å²) in [5.74, 6) is 0.606. The highest BCUT2D eigenvalue weighted by Crippen LogP contribution is 2.19. The fraction of sp³-hybridized carbons (Fsp3) is 0.636. The first kappa shape index (κ1) is 10.5. The number of hydrogen-bond acceptors (Lipinski definition) is 0. The van der Waals surface area contributed by atoms with Gasteiger partial charge in [-0.3, -0.25) is 0 Å². The Balaban J connectivity index is 3.66. The van der Waals surface area contributed by atoms with Crippen LogP contribution in [0.15, 0.2) is 24.3 Å². The van der Waals surface area contributed by atoms with E-state index in [1.165, 1.54) is 17.6 Å². The van der Waals surface area contributed by atoms with Crippen LogP contribution in [0.3, 0.4) is 0 Å². The van der Waals surface area contributed by atoms with Gasteiger partial charge in [0, 0.05) is 0 Å². The Hall–Kier alpha value is -0.520. The maximum atomic E-state index is 4.03. The minimum atomic E-state index is 0.606. The first-order valence-corrected chi connectivity index (χ1v) is 4.40. The van der Waals surface area contributed by atoms with Crippen LogP contribution in [0.5, 0.6) is 0 Å². The van der Waals surface area contributed by atoms with Crippen LogP contribution in [0.1, 0.15) is 40.0 Å². The predicted molar refractivity (Wildman–Crippen MR) is 52.6 cm³/mol. The van der Waals surface area contributed by atoms with E-state index in [-0.39, 0.29) is 0 Å². The monoisotopic (exact) mass is 152 g/mol. The SMILES string of the molecule is C=C(CCC)CC(C)C(=C)C. The van der Waals surface area contributed by atoms with Gasteiger partial charge in [0.25, 0.3) is 0 Å². The molecular formula is C11H20. The van der Waals surface area contributed by atoms with Crippen molar-refractivity contribution in [3.8, 4) is 0 Å². The zero-order chi connectivity index (χ0) is 8.85. The molecule has 0 aliphatic heterocycles. The van der Waals surface area contributed by atoms with Gasteiger partial charge in [0.15, 0.2) is 0 Å². The zero-order valence-electron chi connectivity index (χ0n) is 8.11. The Morgan fingerprint density at radius 2 is 1.91 bits per heavy atom. The van der Waals surface area contributed by atoms with Crippen LogP contribution >= 0.6 is 0 Å². The molecule has 0 aliphatic rings. The molecule has 11 heavy (non-hydrogen) atoms. The lowest BCUT2D eigenvalue weighted by molar-refractivity contribution is 0.652. The Kier molecular flexibility index (Phi) is 4.93. The highest BCUT2D eigenvalue weighted by molar-refractivity contribution is 5.03. The molecule has 64 valence electrons. The maximum absolute atomic E-state index is 4.03. The summed E-state index contributed by atoms with van der Waals surface area (Å²) in [6.07, 6.45) is 3.49. The van der Waals surface area contributed by atoms with E-state index in [1.54, 1.807) is 0 Å². The Labute approximate surface area is 71.0 Å². The molecule has 0 saturated carbocycles. The zero-order valence-corrected chi connectivity index (χ0v) is 8.11. The summed E-state index contributed by atoms with van der Waals surface area (Å²) in [5.41, 5.74) is 2.63. The highest BCUT2D eigenvalue weighted by Gasteiger charge is 2.03. The largest absolute Gasteiger partial charge is 0.0999 e. The van der Waals surface area contributed by atoms with E-state index in [2.05, 4.69) is 33.9 Å². The summed E-state index contributed by atoms with van der Waals surface area (Å²) < 4.78 is 0. The van der Waals surface area contributed by atoms with Crippen LogP contribution in [0.25, 0.3) is 0 Å². The van der Waals surface area contributed by atoms with E-state index in [0.717, 1.165) is 12.8 Å². The quantitative estimate of drug-likeness (QED) is 0.523. The van der Waals surface area contributed by atoms with Crippen LogP contribution in [0.4, 0.5) is 0 Å². The van der Waals surface area contributed by atoms with E-state index in [9.17, 15) is 0 Å². The molecule has 0 heterocycles. The third-order valence-electron chi connectivity index (χ3n) is 2.04. The Bertz CT molecular complexity index is 142. The topological polar surface area (TPSA) is 0 Å². The standard InChI is InChI=1S/C11H20/c1-6-7-10(4)8-11(5)9(2)3/h11H,2,4,6-8H2,1,3,5H3. The molecule has 0 spiro atoms. The van der Waals surface area contributed by atoms with Gasteiger partial charge in [-0.05, 0) is 25.7 Å². The second kappa shape index (κ2) is 5.17. The molecule has 0 N–H and O–H groups in total. The first-order chi connectivity index (χ1) is 5.07. The highest BCUT2D eigenvalue weighted by atomic mass is 14.1. The van der Waals surface area contributed by atoms with Gasteiger partial charge in [0.1, 0.15) is 0 Å². The fourth-order valence-corrected chi connectivity index (χ4v) is 1.06. The van der Waals surface area contributed by atoms with Crippen molar-refractivity contribution in [1.82, 2.24) is 0 Å². The van der Waals surface area contributed by atoms with E-state index < -0.39 is 0 Å². The van der Waals surface area contributed by atoms with Crippen molar-refractivity contribution in [1.29, 1.82) is 0 Å². The Morgan fingerprint density at radius 3 is 2.27 bits per heavy atom. The molecule has 0 heteroatoms. The average molecular weight is 152 g/mol. The molecule has 0 aliphatic carbocycles. The summed E-state index contributed by atoms with van der Waals surface area (Å²) >= 11 is 0. The molecule has 0 amide bonds. The van der Waals surface area contributed by atoms with E-state index in [4.69, 9.17) is 0 Å². The fourth-order valence-electron chi connectivity index (χ4n) is 1.06. The van der Waals surface area contributed by atoms with Crippen molar-refractivity contribution in [3.63, 3.8) is 0 Å². The first-order valence-electron chi connectivity index (χ1n) is 4.40. The summed E-state index contributed by atoms with van der Waals surface area (Å²) in [5, 5.41) is 0. The van der Waals surface area contributed by atoms with Crippen molar-refractivity contribution in [2.24, 2.45) is 5.92 Å². The smallest absolute Gasteiger partial charge is 0.0200 e. The van der Waals surface area contributed by atoms with Gasteiger partial charge in [-0.1, -0.05) is 44.6 Å². The van der Waals surface area contributed by atoms with Crippen LogP contribution in [0.2, 0.25) is 0 Å². The maximum Gasteiger partial charge on any atom is -0.0200 e. The molecule has 0 saturated heterocycles. The minimum absolute atomic E-state index is 0.606. The van der Waals surface area contributed by atoms with Gasteiger partial charge < -0.3 is 0 Å². The molecular weight excluding hydrogens is 132 g/mol. The lowest BCUT2D eigenvalue weighted by atomic mass is 9.94. The van der Waals surface area contributed by atoms with Crippen LogP contribution in [-0.4, -0.2) is 0 Å². The van der Waals surface area contributed by atoms with Gasteiger partial charge in [-0.25, -0.2) is 0 Å². The number of rotatable bonds is 5. The minimum Gasteiger partial charge on any atom is -0.0999 e. The second-order valence-electron chi connectivity index (χ2n) is 3.45. The van der Waals surface area contributed by atoms with Gasteiger partial charge >= 0.3 is 0 Å². The van der Waals surface area contributed by atoms with Crippen molar-refractivity contribution in [3.05, 3.63) is 24.3 Å². The van der Waals surface area contributed by atoms with Crippen LogP contribution < -0.4 is 0 Å². The molecule has 0 bridgehead atoms. The van der Waals surface area contributed by atoms with Gasteiger partial charge in [-0.15, -0.1) is 0 Å². The number of hydrogen-bond donors (Lipinski definition) is 0. The van der Waals surface area contributed by atoms with Crippen molar-refractivity contribution >= 4 is 0 Å². The van der Waals surface area contributed by atoms with Crippen LogP contribution in [0, 0.1) is 5.92 Å². The summed E-state index contributed by atoms with van der Waals surface area (Å²) in [4.78, 5) is 0. The van der Waals surface area contributed by atoms with Gasteiger partial charge in [0.05, 0.1) is 0 Å². The Morgan fingerprint density at radius 1 is 1.36 bits per heavy atom. The van der Waals surface area contributed by atoms with Gasteiger partial charge in [0.2, 0.25) is 0 Å². The molecule has 0 fully saturated rings. The summed E-state index contributed by atoms with van der Waals surface area (Å²) in [7, 11) is 0. The molecule has 1 atom stereocenters. The van der Waals surface area contributed by atoms with Crippen LogP contribution in [-0.2, 0) is 0 Å². The molecule has 0 aromatic rings. The number of allylic oxidation sites excluding steroid dienone is 2.